The summed E-state index contributed by atoms with van der Waals surface area (Å²) in [6.07, 6.45) is -5.70. The molecule has 1 radical (unpaired) electrons. The van der Waals surface area contributed by atoms with E-state index in [0.29, 0.717) is 6.92 Å². The molecule has 0 aromatic rings. The molecule has 0 amide bonds. The van der Waals surface area contributed by atoms with Crippen LogP contribution >= 0.6 is 0 Å². The summed E-state index contributed by atoms with van der Waals surface area (Å²) >= 11 is 0. The largest absolute Gasteiger partial charge is 0.384 e. The van der Waals surface area contributed by atoms with Crippen molar-refractivity contribution < 1.29 is 35.1 Å². The van der Waals surface area contributed by atoms with Crippen molar-refractivity contribution in [1.82, 2.24) is 0 Å². The Hall–Kier alpha value is -0.560. The molecule has 0 heterocycles. The molecule has 0 bridgehead atoms. The first-order valence-corrected chi connectivity index (χ1v) is 3.32. The van der Waals surface area contributed by atoms with Crippen LogP contribution in [0.4, 0.5) is 35.1 Å². The van der Waals surface area contributed by atoms with Crippen molar-refractivity contribution in [2.24, 2.45) is 0 Å². The van der Waals surface area contributed by atoms with Crippen molar-refractivity contribution >= 4 is 0 Å². The molecule has 0 nitrogen and oxygen atoms in total. The summed E-state index contributed by atoms with van der Waals surface area (Å²) in [7, 11) is 0. The van der Waals surface area contributed by atoms with Crippen LogP contribution in [0.15, 0.2) is 0 Å². The highest BCUT2D eigenvalue weighted by molar-refractivity contribution is 5.03. The van der Waals surface area contributed by atoms with Gasteiger partial charge in [-0.05, 0) is 0 Å². The Kier molecular flexibility index (Phi) is 3.40. The van der Waals surface area contributed by atoms with Gasteiger partial charge in [0.2, 0.25) is 0 Å². The maximum absolute atomic E-state index is 12.2. The fourth-order valence-electron chi connectivity index (χ4n) is 0.570. The number of hydrogen-bond acceptors (Lipinski definition) is 0. The molecule has 0 aliphatic rings. The van der Waals surface area contributed by atoms with E-state index >= 15 is 0 Å². The van der Waals surface area contributed by atoms with Crippen molar-refractivity contribution in [3.8, 4) is 0 Å². The molecule has 0 N–H and O–H groups in total. The summed E-state index contributed by atoms with van der Waals surface area (Å²) in [6.45, 7) is 0.486. The quantitative estimate of drug-likeness (QED) is 0.644. The molecule has 0 atom stereocenters. The van der Waals surface area contributed by atoms with E-state index in [1.807, 2.05) is 0 Å². The van der Waals surface area contributed by atoms with Crippen molar-refractivity contribution in [2.75, 3.05) is 0 Å². The monoisotopic (exact) mass is 229 g/mol. The maximum atomic E-state index is 12.2. The number of rotatable bonds is 4. The molecule has 0 saturated heterocycles. The summed E-state index contributed by atoms with van der Waals surface area (Å²) in [4.78, 5) is 0. The van der Waals surface area contributed by atoms with E-state index < -0.39 is 30.6 Å². The van der Waals surface area contributed by atoms with E-state index in [1.165, 1.54) is 0 Å². The third kappa shape index (κ3) is 1.78. The van der Waals surface area contributed by atoms with Crippen LogP contribution in [-0.4, -0.2) is 17.8 Å². The third-order valence-corrected chi connectivity index (χ3v) is 1.54. The fourth-order valence-corrected chi connectivity index (χ4v) is 0.570. The summed E-state index contributed by atoms with van der Waals surface area (Å²) in [5, 5.41) is 0. The molecular formula is C6H5F8. The van der Waals surface area contributed by atoms with Gasteiger partial charge in [-0.2, -0.15) is 35.1 Å². The van der Waals surface area contributed by atoms with Crippen LogP contribution in [0.5, 0.6) is 0 Å². The van der Waals surface area contributed by atoms with Crippen LogP contribution in [0.2, 0.25) is 0 Å². The standard InChI is InChI=1S/C6H5F8/c1-2-4(9,10)6(13,14)5(11,12)3(7)8/h2H2,1H3. The van der Waals surface area contributed by atoms with Crippen LogP contribution in [0, 0.1) is 6.43 Å². The summed E-state index contributed by atoms with van der Waals surface area (Å²) in [6, 6.07) is 0. The molecule has 0 aromatic carbocycles. The average molecular weight is 229 g/mol. The van der Waals surface area contributed by atoms with Gasteiger partial charge in [0.25, 0.3) is 0 Å². The Bertz CT molecular complexity index is 196. The molecule has 0 aromatic heterocycles. The lowest BCUT2D eigenvalue weighted by atomic mass is 10.0. The minimum absolute atomic E-state index is 0.486. The molecule has 8 heteroatoms. The molecule has 0 saturated carbocycles. The zero-order valence-corrected chi connectivity index (χ0v) is 6.73. The molecule has 0 aliphatic carbocycles. The SMILES string of the molecule is CCC(F)(F)C(F)(F)C(F)(F)[C](F)F. The molecule has 0 aliphatic heterocycles. The predicted molar refractivity (Wildman–Crippen MR) is 30.6 cm³/mol. The summed E-state index contributed by atoms with van der Waals surface area (Å²) in [5.74, 6) is -17.4. The van der Waals surface area contributed by atoms with Gasteiger partial charge in [0.05, 0.1) is 0 Å². The second-order valence-electron chi connectivity index (χ2n) is 2.47. The first-order valence-electron chi connectivity index (χ1n) is 3.32. The molecular weight excluding hydrogens is 224 g/mol. The maximum Gasteiger partial charge on any atom is 0.384 e. The van der Waals surface area contributed by atoms with Crippen molar-refractivity contribution in [2.45, 2.75) is 31.1 Å². The van der Waals surface area contributed by atoms with Gasteiger partial charge < -0.3 is 0 Å². The van der Waals surface area contributed by atoms with E-state index in [4.69, 9.17) is 0 Å². The summed E-state index contributed by atoms with van der Waals surface area (Å²) in [5.41, 5.74) is 0. The van der Waals surface area contributed by atoms with Gasteiger partial charge >= 0.3 is 24.2 Å². The number of alkyl halides is 6. The van der Waals surface area contributed by atoms with Gasteiger partial charge in [0.1, 0.15) is 0 Å². The van der Waals surface area contributed by atoms with Crippen molar-refractivity contribution in [1.29, 1.82) is 0 Å². The van der Waals surface area contributed by atoms with Gasteiger partial charge in [-0.1, -0.05) is 6.92 Å². The fraction of sp³-hybridized carbons (Fsp3) is 0.833. The van der Waals surface area contributed by atoms with Gasteiger partial charge in [-0.3, -0.25) is 0 Å². The summed E-state index contributed by atoms with van der Waals surface area (Å²) < 4.78 is 95.5. The van der Waals surface area contributed by atoms with E-state index in [-0.39, 0.29) is 0 Å². The smallest absolute Gasteiger partial charge is 0.200 e. The molecule has 14 heavy (non-hydrogen) atoms. The first kappa shape index (κ1) is 13.4. The number of halogens is 8. The normalized spacial score (nSPS) is 15.0. The van der Waals surface area contributed by atoms with E-state index in [2.05, 4.69) is 0 Å². The zero-order chi connectivity index (χ0) is 11.8. The second-order valence-corrected chi connectivity index (χ2v) is 2.47. The molecule has 0 fully saturated rings. The van der Waals surface area contributed by atoms with Gasteiger partial charge in [-0.25, -0.2) is 0 Å². The van der Waals surface area contributed by atoms with E-state index in [9.17, 15) is 35.1 Å². The Labute approximate surface area is 73.9 Å². The zero-order valence-electron chi connectivity index (χ0n) is 6.73. The van der Waals surface area contributed by atoms with Gasteiger partial charge in [0.15, 0.2) is 0 Å². The van der Waals surface area contributed by atoms with Crippen LogP contribution in [-0.2, 0) is 0 Å². The highest BCUT2D eigenvalue weighted by Gasteiger charge is 2.75. The topological polar surface area (TPSA) is 0 Å². The highest BCUT2D eigenvalue weighted by Crippen LogP contribution is 2.51. The lowest BCUT2D eigenvalue weighted by Crippen LogP contribution is -2.55. The molecule has 85 valence electrons. The number of hydrogen-bond donors (Lipinski definition) is 0. The van der Waals surface area contributed by atoms with Gasteiger partial charge in [0, 0.05) is 6.42 Å². The highest BCUT2D eigenvalue weighted by atomic mass is 19.4. The molecule has 0 unspecified atom stereocenters. The second kappa shape index (κ2) is 3.54. The predicted octanol–water partition coefficient (Wildman–Crippen LogP) is 3.73. The third-order valence-electron chi connectivity index (χ3n) is 1.54. The minimum atomic E-state index is -6.12. The van der Waals surface area contributed by atoms with Crippen molar-refractivity contribution in [3.63, 3.8) is 0 Å². The van der Waals surface area contributed by atoms with Gasteiger partial charge in [-0.15, -0.1) is 0 Å². The Morgan fingerprint density at radius 2 is 1.29 bits per heavy atom. The van der Waals surface area contributed by atoms with Crippen LogP contribution in [0.1, 0.15) is 13.3 Å². The lowest BCUT2D eigenvalue weighted by Gasteiger charge is -2.30. The Balaban J connectivity index is 5.14. The first-order chi connectivity index (χ1) is 6.00. The van der Waals surface area contributed by atoms with Crippen LogP contribution in [0.3, 0.4) is 0 Å². The molecule has 0 rings (SSSR count). The van der Waals surface area contributed by atoms with E-state index in [1.54, 1.807) is 0 Å². The average Bonchev–Trinajstić information content (AvgIpc) is 2.03. The molecule has 0 spiro atoms. The van der Waals surface area contributed by atoms with Crippen molar-refractivity contribution in [3.05, 3.63) is 6.43 Å². The lowest BCUT2D eigenvalue weighted by molar-refractivity contribution is -0.318. The van der Waals surface area contributed by atoms with Crippen LogP contribution < -0.4 is 0 Å². The minimum Gasteiger partial charge on any atom is -0.200 e. The van der Waals surface area contributed by atoms with E-state index in [0.717, 1.165) is 0 Å². The Morgan fingerprint density at radius 3 is 1.50 bits per heavy atom. The van der Waals surface area contributed by atoms with Crippen LogP contribution in [0.25, 0.3) is 0 Å². The Morgan fingerprint density at radius 1 is 0.929 bits per heavy atom.